The zero-order valence-electron chi connectivity index (χ0n) is 9.78. The van der Waals surface area contributed by atoms with E-state index in [1.807, 2.05) is 6.92 Å². The Balaban J connectivity index is 2.78. The van der Waals surface area contributed by atoms with Crippen LogP contribution in [-0.4, -0.2) is 34.3 Å². The molecule has 1 unspecified atom stereocenters. The van der Waals surface area contributed by atoms with Crippen molar-refractivity contribution in [1.29, 1.82) is 0 Å². The normalized spacial score (nSPS) is 12.2. The molecule has 3 nitrogen and oxygen atoms in total. The molecular weight excluding hydrogens is 305 g/mol. The van der Waals surface area contributed by atoms with E-state index in [1.54, 1.807) is 11.9 Å². The van der Waals surface area contributed by atoms with E-state index in [2.05, 4.69) is 15.9 Å². The number of nitrogens with zero attached hydrogens (tertiary/aromatic N) is 1. The van der Waals surface area contributed by atoms with Crippen LogP contribution in [0.2, 0.25) is 5.02 Å². The van der Waals surface area contributed by atoms with Gasteiger partial charge in [-0.25, -0.2) is 0 Å². The number of hydrogen-bond donors (Lipinski definition) is 1. The van der Waals surface area contributed by atoms with Gasteiger partial charge in [0, 0.05) is 18.4 Å². The number of carbonyl (C=O) groups is 1. The molecule has 1 amide bonds. The summed E-state index contributed by atoms with van der Waals surface area (Å²) >= 11 is 9.36. The third kappa shape index (κ3) is 4.21. The van der Waals surface area contributed by atoms with Gasteiger partial charge in [0.25, 0.3) is 5.91 Å². The van der Waals surface area contributed by atoms with Crippen LogP contribution in [0.1, 0.15) is 23.7 Å². The Morgan fingerprint density at radius 3 is 2.82 bits per heavy atom. The maximum Gasteiger partial charge on any atom is 0.255 e. The Hall–Kier alpha value is -0.740. The maximum absolute atomic E-state index is 12.0. The Morgan fingerprint density at radius 1 is 1.59 bits per heavy atom. The van der Waals surface area contributed by atoms with Crippen molar-refractivity contribution in [3.05, 3.63) is 28.8 Å². The first kappa shape index (κ1) is 14.3. The number of phenolic OH excluding ortho intramolecular Hbond substituents is 1. The number of amides is 1. The van der Waals surface area contributed by atoms with Gasteiger partial charge in [0.1, 0.15) is 5.75 Å². The quantitative estimate of drug-likeness (QED) is 0.865. The fraction of sp³-hybridized carbons (Fsp3) is 0.417. The van der Waals surface area contributed by atoms with E-state index in [0.717, 1.165) is 6.42 Å². The zero-order valence-corrected chi connectivity index (χ0v) is 12.1. The van der Waals surface area contributed by atoms with E-state index in [4.69, 9.17) is 11.6 Å². The average molecular weight is 321 g/mol. The third-order valence-electron chi connectivity index (χ3n) is 2.39. The molecular formula is C12H15BrClNO2. The highest BCUT2D eigenvalue weighted by Crippen LogP contribution is 2.22. The van der Waals surface area contributed by atoms with Crippen molar-refractivity contribution in [2.45, 2.75) is 18.2 Å². The topological polar surface area (TPSA) is 40.5 Å². The summed E-state index contributed by atoms with van der Waals surface area (Å²) < 4.78 is 0. The van der Waals surface area contributed by atoms with Crippen LogP contribution < -0.4 is 0 Å². The second-order valence-corrected chi connectivity index (χ2v) is 5.93. The van der Waals surface area contributed by atoms with Crippen LogP contribution in [0.4, 0.5) is 0 Å². The van der Waals surface area contributed by atoms with Crippen LogP contribution in [0.3, 0.4) is 0 Å². The van der Waals surface area contributed by atoms with Crippen LogP contribution in [0, 0.1) is 0 Å². The summed E-state index contributed by atoms with van der Waals surface area (Å²) in [5.74, 6) is -0.140. The summed E-state index contributed by atoms with van der Waals surface area (Å²) in [6.07, 6.45) is 0.860. The molecule has 0 heterocycles. The number of alkyl halides is 1. The minimum absolute atomic E-state index is 0.0417. The summed E-state index contributed by atoms with van der Waals surface area (Å²) in [5, 5.41) is 9.70. The van der Waals surface area contributed by atoms with Crippen molar-refractivity contribution < 1.29 is 9.90 Å². The second-order valence-electron chi connectivity index (χ2n) is 3.96. The van der Waals surface area contributed by atoms with Crippen LogP contribution in [0.15, 0.2) is 18.2 Å². The number of halogens is 2. The summed E-state index contributed by atoms with van der Waals surface area (Å²) in [4.78, 5) is 14.0. The Labute approximate surface area is 115 Å². The Kier molecular flexibility index (Phi) is 5.28. The van der Waals surface area contributed by atoms with Gasteiger partial charge < -0.3 is 10.0 Å². The van der Waals surface area contributed by atoms with Gasteiger partial charge in [-0.3, -0.25) is 4.79 Å². The van der Waals surface area contributed by atoms with Crippen LogP contribution in [0.5, 0.6) is 5.75 Å². The maximum atomic E-state index is 12.0. The van der Waals surface area contributed by atoms with Crippen LogP contribution in [0.25, 0.3) is 0 Å². The number of benzene rings is 1. The number of carbonyl (C=O) groups excluding carboxylic acids is 1. The van der Waals surface area contributed by atoms with Gasteiger partial charge in [-0.05, 0) is 24.6 Å². The second kappa shape index (κ2) is 6.26. The molecule has 1 aromatic carbocycles. The fourth-order valence-corrected chi connectivity index (χ4v) is 1.76. The SMILES string of the molecule is CC(Br)CCN(C)C(=O)c1cc(O)ccc1Cl. The predicted molar refractivity (Wildman–Crippen MR) is 73.1 cm³/mol. The lowest BCUT2D eigenvalue weighted by molar-refractivity contribution is 0.0794. The highest BCUT2D eigenvalue weighted by Gasteiger charge is 2.16. The molecule has 0 aromatic heterocycles. The van der Waals surface area contributed by atoms with Crippen molar-refractivity contribution in [3.8, 4) is 5.75 Å². The lowest BCUT2D eigenvalue weighted by Crippen LogP contribution is -2.29. The zero-order chi connectivity index (χ0) is 13.0. The molecule has 0 aliphatic rings. The minimum atomic E-state index is -0.181. The lowest BCUT2D eigenvalue weighted by atomic mass is 10.2. The molecule has 0 aliphatic carbocycles. The first-order valence-electron chi connectivity index (χ1n) is 5.30. The third-order valence-corrected chi connectivity index (χ3v) is 3.18. The number of aromatic hydroxyl groups is 1. The molecule has 1 aromatic rings. The molecule has 17 heavy (non-hydrogen) atoms. The Morgan fingerprint density at radius 2 is 2.24 bits per heavy atom. The van der Waals surface area contributed by atoms with E-state index >= 15 is 0 Å². The molecule has 1 rings (SSSR count). The van der Waals surface area contributed by atoms with Gasteiger partial charge in [-0.1, -0.05) is 34.5 Å². The molecule has 1 atom stereocenters. The van der Waals surface area contributed by atoms with E-state index < -0.39 is 0 Å². The number of hydrogen-bond acceptors (Lipinski definition) is 2. The van der Waals surface area contributed by atoms with Gasteiger partial charge in [-0.2, -0.15) is 0 Å². The minimum Gasteiger partial charge on any atom is -0.508 e. The van der Waals surface area contributed by atoms with Gasteiger partial charge in [0.05, 0.1) is 10.6 Å². The fourth-order valence-electron chi connectivity index (χ4n) is 1.36. The monoisotopic (exact) mass is 319 g/mol. The summed E-state index contributed by atoms with van der Waals surface area (Å²) in [5.41, 5.74) is 0.330. The standard InChI is InChI=1S/C12H15BrClNO2/c1-8(13)5-6-15(2)12(17)10-7-9(16)3-4-11(10)14/h3-4,7-8,16H,5-6H2,1-2H3. The number of rotatable bonds is 4. The highest BCUT2D eigenvalue weighted by atomic mass is 79.9. The van der Waals surface area contributed by atoms with E-state index in [-0.39, 0.29) is 11.7 Å². The molecule has 0 aliphatic heterocycles. The average Bonchev–Trinajstić information content (AvgIpc) is 2.28. The Bertz CT molecular complexity index is 409. The first-order chi connectivity index (χ1) is 7.91. The number of phenols is 1. The van der Waals surface area contributed by atoms with Crippen molar-refractivity contribution >= 4 is 33.4 Å². The van der Waals surface area contributed by atoms with Crippen molar-refractivity contribution in [1.82, 2.24) is 4.90 Å². The smallest absolute Gasteiger partial charge is 0.255 e. The van der Waals surface area contributed by atoms with Crippen molar-refractivity contribution in [2.24, 2.45) is 0 Å². The summed E-state index contributed by atoms with van der Waals surface area (Å²) in [6.45, 7) is 2.66. The van der Waals surface area contributed by atoms with Crippen molar-refractivity contribution in [3.63, 3.8) is 0 Å². The molecule has 0 saturated heterocycles. The van der Waals surface area contributed by atoms with Crippen LogP contribution >= 0.6 is 27.5 Å². The molecule has 0 bridgehead atoms. The van der Waals surface area contributed by atoms with Crippen LogP contribution in [-0.2, 0) is 0 Å². The van der Waals surface area contributed by atoms with E-state index in [1.165, 1.54) is 18.2 Å². The predicted octanol–water partition coefficient (Wildman–Crippen LogP) is 3.29. The van der Waals surface area contributed by atoms with E-state index in [0.29, 0.717) is 22.0 Å². The van der Waals surface area contributed by atoms with Crippen molar-refractivity contribution in [2.75, 3.05) is 13.6 Å². The highest BCUT2D eigenvalue weighted by molar-refractivity contribution is 9.09. The largest absolute Gasteiger partial charge is 0.508 e. The molecule has 5 heteroatoms. The van der Waals surface area contributed by atoms with Gasteiger partial charge >= 0.3 is 0 Å². The van der Waals surface area contributed by atoms with E-state index in [9.17, 15) is 9.90 Å². The van der Waals surface area contributed by atoms with Gasteiger partial charge in [-0.15, -0.1) is 0 Å². The molecule has 94 valence electrons. The molecule has 0 radical (unpaired) electrons. The molecule has 1 N–H and O–H groups in total. The molecule has 0 spiro atoms. The lowest BCUT2D eigenvalue weighted by Gasteiger charge is -2.18. The summed E-state index contributed by atoms with van der Waals surface area (Å²) in [7, 11) is 1.72. The summed E-state index contributed by atoms with van der Waals surface area (Å²) in [6, 6.07) is 4.36. The molecule has 0 fully saturated rings. The van der Waals surface area contributed by atoms with Gasteiger partial charge in [0.15, 0.2) is 0 Å². The van der Waals surface area contributed by atoms with Gasteiger partial charge in [0.2, 0.25) is 0 Å². The molecule has 0 saturated carbocycles. The first-order valence-corrected chi connectivity index (χ1v) is 6.59.